The van der Waals surface area contributed by atoms with E-state index in [2.05, 4.69) is 0 Å². The number of carboxylic acid groups (broad SMARTS) is 1. The van der Waals surface area contributed by atoms with Gasteiger partial charge in [-0.1, -0.05) is 23.2 Å². The van der Waals surface area contributed by atoms with Crippen LogP contribution >= 0.6 is 23.2 Å². The summed E-state index contributed by atoms with van der Waals surface area (Å²) >= 11 is 11.7. The van der Waals surface area contributed by atoms with Gasteiger partial charge in [0.2, 0.25) is 10.0 Å². The maximum Gasteiger partial charge on any atom is 0.337 e. The topological polar surface area (TPSA) is 101 Å². The second kappa shape index (κ2) is 6.10. The van der Waals surface area contributed by atoms with Gasteiger partial charge in [-0.25, -0.2) is 13.2 Å². The molecule has 0 radical (unpaired) electrons. The van der Waals surface area contributed by atoms with E-state index in [1.54, 1.807) is 0 Å². The molecule has 1 heterocycles. The third-order valence-electron chi connectivity index (χ3n) is 3.35. The van der Waals surface area contributed by atoms with Gasteiger partial charge >= 0.3 is 5.97 Å². The third-order valence-corrected chi connectivity index (χ3v) is 6.01. The summed E-state index contributed by atoms with van der Waals surface area (Å²) in [5.74, 6) is -1.33. The Morgan fingerprint density at radius 3 is 2.38 bits per heavy atom. The van der Waals surface area contributed by atoms with Crippen LogP contribution < -0.4 is 5.73 Å². The summed E-state index contributed by atoms with van der Waals surface area (Å²) in [5.41, 5.74) is 5.41. The van der Waals surface area contributed by atoms with Crippen LogP contribution in [0.25, 0.3) is 0 Å². The van der Waals surface area contributed by atoms with E-state index in [1.807, 2.05) is 0 Å². The van der Waals surface area contributed by atoms with Gasteiger partial charge in [0, 0.05) is 24.2 Å². The number of carbonyl (C=O) groups is 1. The van der Waals surface area contributed by atoms with Crippen molar-refractivity contribution in [2.45, 2.75) is 23.8 Å². The highest BCUT2D eigenvalue weighted by atomic mass is 35.5. The molecule has 116 valence electrons. The van der Waals surface area contributed by atoms with Crippen molar-refractivity contribution in [2.24, 2.45) is 5.73 Å². The molecule has 1 fully saturated rings. The zero-order valence-electron chi connectivity index (χ0n) is 10.9. The summed E-state index contributed by atoms with van der Waals surface area (Å²) in [6.45, 7) is 0.545. The zero-order valence-corrected chi connectivity index (χ0v) is 13.2. The smallest absolute Gasteiger partial charge is 0.337 e. The second-order valence-electron chi connectivity index (χ2n) is 4.81. The lowest BCUT2D eigenvalue weighted by atomic mass is 10.1. The number of benzene rings is 1. The molecule has 1 aromatic rings. The van der Waals surface area contributed by atoms with Crippen LogP contribution in [0, 0.1) is 0 Å². The minimum atomic E-state index is -3.90. The molecule has 21 heavy (non-hydrogen) atoms. The quantitative estimate of drug-likeness (QED) is 0.863. The summed E-state index contributed by atoms with van der Waals surface area (Å²) in [6.07, 6.45) is 1.09. The highest BCUT2D eigenvalue weighted by molar-refractivity contribution is 7.89. The van der Waals surface area contributed by atoms with Crippen molar-refractivity contribution >= 4 is 39.2 Å². The number of halogens is 2. The first kappa shape index (κ1) is 16.5. The Balaban J connectivity index is 2.47. The Labute approximate surface area is 132 Å². The first-order chi connectivity index (χ1) is 9.73. The number of hydrogen-bond donors (Lipinski definition) is 2. The lowest BCUT2D eigenvalue weighted by Gasteiger charge is -2.29. The lowest BCUT2D eigenvalue weighted by molar-refractivity contribution is 0.0697. The van der Waals surface area contributed by atoms with Crippen molar-refractivity contribution in [1.82, 2.24) is 4.31 Å². The van der Waals surface area contributed by atoms with Crippen LogP contribution in [0.2, 0.25) is 10.0 Å². The Morgan fingerprint density at radius 1 is 1.29 bits per heavy atom. The first-order valence-corrected chi connectivity index (χ1v) is 8.41. The molecular formula is C12H14Cl2N2O4S. The largest absolute Gasteiger partial charge is 0.478 e. The number of rotatable bonds is 3. The molecule has 1 aliphatic heterocycles. The SMILES string of the molecule is NC1CCN(S(=O)(=O)c2cc(Cl)cc(C(=O)O)c2Cl)CC1. The molecule has 0 aromatic heterocycles. The van der Waals surface area contributed by atoms with Gasteiger partial charge in [0.05, 0.1) is 10.6 Å². The van der Waals surface area contributed by atoms with E-state index in [0.29, 0.717) is 12.8 Å². The van der Waals surface area contributed by atoms with Gasteiger partial charge in [-0.05, 0) is 25.0 Å². The number of nitrogens with zero attached hydrogens (tertiary/aromatic N) is 1. The van der Waals surface area contributed by atoms with Crippen LogP contribution in [0.15, 0.2) is 17.0 Å². The molecule has 0 atom stereocenters. The Morgan fingerprint density at radius 2 is 1.86 bits per heavy atom. The van der Waals surface area contributed by atoms with Crippen molar-refractivity contribution in [1.29, 1.82) is 0 Å². The molecule has 2 rings (SSSR count). The highest BCUT2D eigenvalue weighted by Crippen LogP contribution is 2.32. The second-order valence-corrected chi connectivity index (χ2v) is 7.53. The van der Waals surface area contributed by atoms with Crippen molar-refractivity contribution in [3.05, 3.63) is 27.7 Å². The molecule has 0 saturated carbocycles. The van der Waals surface area contributed by atoms with Crippen LogP contribution in [-0.4, -0.2) is 42.9 Å². The average Bonchev–Trinajstić information content (AvgIpc) is 2.41. The Kier molecular flexibility index (Phi) is 4.79. The third kappa shape index (κ3) is 3.32. The summed E-state index contributed by atoms with van der Waals surface area (Å²) in [6, 6.07) is 2.26. The summed E-state index contributed by atoms with van der Waals surface area (Å²) in [5, 5.41) is 8.73. The predicted molar refractivity (Wildman–Crippen MR) is 79.4 cm³/mol. The molecule has 3 N–H and O–H groups in total. The van der Waals surface area contributed by atoms with Crippen molar-refractivity contribution in [2.75, 3.05) is 13.1 Å². The van der Waals surface area contributed by atoms with Crippen molar-refractivity contribution in [3.63, 3.8) is 0 Å². The van der Waals surface area contributed by atoms with Crippen LogP contribution in [0.5, 0.6) is 0 Å². The summed E-state index contributed by atoms with van der Waals surface area (Å²) in [4.78, 5) is 10.8. The molecule has 6 nitrogen and oxygen atoms in total. The van der Waals surface area contributed by atoms with Gasteiger partial charge in [0.25, 0.3) is 0 Å². The van der Waals surface area contributed by atoms with Crippen LogP contribution in [-0.2, 0) is 10.0 Å². The van der Waals surface area contributed by atoms with Crippen molar-refractivity contribution < 1.29 is 18.3 Å². The van der Waals surface area contributed by atoms with E-state index in [1.165, 1.54) is 10.4 Å². The Hall–Kier alpha value is -0.860. The maximum atomic E-state index is 12.6. The first-order valence-electron chi connectivity index (χ1n) is 6.21. The molecule has 0 bridgehead atoms. The van der Waals surface area contributed by atoms with E-state index in [-0.39, 0.29) is 39.6 Å². The fraction of sp³-hybridized carbons (Fsp3) is 0.417. The van der Waals surface area contributed by atoms with Crippen LogP contribution in [0.4, 0.5) is 0 Å². The fourth-order valence-corrected chi connectivity index (χ4v) is 4.51. The van der Waals surface area contributed by atoms with E-state index in [4.69, 9.17) is 34.0 Å². The molecule has 1 saturated heterocycles. The van der Waals surface area contributed by atoms with E-state index < -0.39 is 16.0 Å². The number of carboxylic acids is 1. The van der Waals surface area contributed by atoms with E-state index >= 15 is 0 Å². The number of nitrogens with two attached hydrogens (primary N) is 1. The van der Waals surface area contributed by atoms with Crippen molar-refractivity contribution in [3.8, 4) is 0 Å². The monoisotopic (exact) mass is 352 g/mol. The maximum absolute atomic E-state index is 12.6. The standard InChI is InChI=1S/C12H14Cl2N2O4S/c13-7-5-9(12(17)18)11(14)10(6-7)21(19,20)16-3-1-8(15)2-4-16/h5-6,8H,1-4,15H2,(H,17,18). The Bertz CT molecular complexity index is 670. The molecule has 1 aromatic carbocycles. The summed E-state index contributed by atoms with van der Waals surface area (Å²) < 4.78 is 26.4. The number of piperidine rings is 1. The molecule has 0 unspecified atom stereocenters. The molecule has 0 amide bonds. The van der Waals surface area contributed by atoms with Gasteiger partial charge in [-0.2, -0.15) is 4.31 Å². The van der Waals surface area contributed by atoms with E-state index in [9.17, 15) is 13.2 Å². The van der Waals surface area contributed by atoms with Crippen LogP contribution in [0.3, 0.4) is 0 Å². The summed E-state index contributed by atoms with van der Waals surface area (Å²) in [7, 11) is -3.90. The van der Waals surface area contributed by atoms with Gasteiger partial charge < -0.3 is 10.8 Å². The average molecular weight is 353 g/mol. The van der Waals surface area contributed by atoms with Gasteiger partial charge in [0.1, 0.15) is 4.90 Å². The molecular weight excluding hydrogens is 339 g/mol. The van der Waals surface area contributed by atoms with Crippen LogP contribution in [0.1, 0.15) is 23.2 Å². The van der Waals surface area contributed by atoms with Gasteiger partial charge in [-0.15, -0.1) is 0 Å². The predicted octanol–water partition coefficient (Wildman–Crippen LogP) is 1.80. The van der Waals surface area contributed by atoms with Gasteiger partial charge in [0.15, 0.2) is 0 Å². The minimum Gasteiger partial charge on any atom is -0.478 e. The number of hydrogen-bond acceptors (Lipinski definition) is 4. The molecule has 0 aliphatic carbocycles. The number of sulfonamides is 1. The van der Waals surface area contributed by atoms with Gasteiger partial charge in [-0.3, -0.25) is 0 Å². The normalized spacial score (nSPS) is 17.9. The minimum absolute atomic E-state index is 0.00378. The zero-order chi connectivity index (χ0) is 15.8. The molecule has 1 aliphatic rings. The fourth-order valence-electron chi connectivity index (χ4n) is 2.16. The highest BCUT2D eigenvalue weighted by Gasteiger charge is 2.31. The number of aromatic carboxylic acids is 1. The lowest BCUT2D eigenvalue weighted by Crippen LogP contribution is -2.42. The van der Waals surface area contributed by atoms with E-state index in [0.717, 1.165) is 6.07 Å². The molecule has 9 heteroatoms. The molecule has 0 spiro atoms.